The molecule has 0 saturated carbocycles. The lowest BCUT2D eigenvalue weighted by molar-refractivity contribution is -0.140. The van der Waals surface area contributed by atoms with Gasteiger partial charge < -0.3 is 4.74 Å². The molecule has 0 rings (SSSR count). The highest BCUT2D eigenvalue weighted by molar-refractivity contribution is 6.35. The Hall–Kier alpha value is -1.04. The molecule has 80 valence electrons. The van der Waals surface area contributed by atoms with Crippen LogP contribution in [0.5, 0.6) is 0 Å². The lowest BCUT2D eigenvalue weighted by atomic mass is 10.2. The minimum atomic E-state index is -4.93. The minimum absolute atomic E-state index is 0.141. The molecule has 0 aliphatic heterocycles. The van der Waals surface area contributed by atoms with Crippen LogP contribution in [0.15, 0.2) is 10.6 Å². The summed E-state index contributed by atoms with van der Waals surface area (Å²) >= 11 is 4.78. The van der Waals surface area contributed by atoms with Crippen molar-refractivity contribution in [3.8, 4) is 0 Å². The van der Waals surface area contributed by atoms with Gasteiger partial charge in [0.2, 0.25) is 0 Å². The van der Waals surface area contributed by atoms with Gasteiger partial charge in [0, 0.05) is 0 Å². The van der Waals surface area contributed by atoms with Crippen LogP contribution in [-0.2, 0) is 14.3 Å². The lowest BCUT2D eigenvalue weighted by Crippen LogP contribution is -2.17. The number of aldehydes is 1. The van der Waals surface area contributed by atoms with Crippen LogP contribution in [0.2, 0.25) is 0 Å². The molecule has 0 saturated heterocycles. The van der Waals surface area contributed by atoms with Crippen LogP contribution in [0.1, 0.15) is 6.92 Å². The van der Waals surface area contributed by atoms with E-state index in [2.05, 4.69) is 4.74 Å². The molecule has 0 aromatic carbocycles. The van der Waals surface area contributed by atoms with E-state index in [0.29, 0.717) is 0 Å². The fraction of sp³-hybridized carbons (Fsp3) is 0.429. The van der Waals surface area contributed by atoms with Gasteiger partial charge in [0.05, 0.1) is 6.61 Å². The second-order valence-corrected chi connectivity index (χ2v) is 2.44. The van der Waals surface area contributed by atoms with Crippen molar-refractivity contribution in [2.24, 2.45) is 0 Å². The molecule has 0 aliphatic carbocycles. The van der Waals surface area contributed by atoms with Crippen LogP contribution in [0, 0.1) is 0 Å². The van der Waals surface area contributed by atoms with E-state index in [1.165, 1.54) is 6.92 Å². The first-order valence-corrected chi connectivity index (χ1v) is 3.81. The van der Waals surface area contributed by atoms with Gasteiger partial charge in [0.1, 0.15) is 10.6 Å². The molecule has 0 aromatic heterocycles. The second-order valence-electron chi connectivity index (χ2n) is 2.06. The van der Waals surface area contributed by atoms with E-state index in [1.54, 1.807) is 0 Å². The third kappa shape index (κ3) is 3.37. The molecule has 0 fully saturated rings. The lowest BCUT2D eigenvalue weighted by Gasteiger charge is -2.07. The summed E-state index contributed by atoms with van der Waals surface area (Å²) in [6.07, 6.45) is -5.21. The number of rotatable bonds is 3. The zero-order chi connectivity index (χ0) is 11.4. The van der Waals surface area contributed by atoms with Gasteiger partial charge in [0.25, 0.3) is 0 Å². The maximum absolute atomic E-state index is 11.9. The predicted molar refractivity (Wildman–Crippen MR) is 41.6 cm³/mol. The predicted octanol–water partition coefficient (Wildman–Crippen LogP) is 1.80. The van der Waals surface area contributed by atoms with E-state index in [1.807, 2.05) is 0 Å². The van der Waals surface area contributed by atoms with Crippen molar-refractivity contribution < 1.29 is 27.5 Å². The molecule has 0 aliphatic rings. The summed E-state index contributed by atoms with van der Waals surface area (Å²) in [5.41, 5.74) is -1.22. The molecule has 3 nitrogen and oxygen atoms in total. The summed E-state index contributed by atoms with van der Waals surface area (Å²) < 4.78 is 40.0. The van der Waals surface area contributed by atoms with Crippen molar-refractivity contribution in [1.82, 2.24) is 0 Å². The Bertz CT molecular complexity index is 270. The third-order valence-electron chi connectivity index (χ3n) is 1.10. The van der Waals surface area contributed by atoms with Crippen molar-refractivity contribution in [3.05, 3.63) is 10.6 Å². The van der Waals surface area contributed by atoms with E-state index >= 15 is 0 Å². The highest BCUT2D eigenvalue weighted by Crippen LogP contribution is 2.31. The fourth-order valence-electron chi connectivity index (χ4n) is 0.551. The number of carbonyl (C=O) groups is 2. The Morgan fingerprint density at radius 1 is 1.50 bits per heavy atom. The summed E-state index contributed by atoms with van der Waals surface area (Å²) in [5, 5.41) is -1.77. The zero-order valence-electron chi connectivity index (χ0n) is 7.02. The van der Waals surface area contributed by atoms with Crippen molar-refractivity contribution in [2.45, 2.75) is 13.1 Å². The summed E-state index contributed by atoms with van der Waals surface area (Å²) in [6.45, 7) is 1.25. The first-order valence-electron chi connectivity index (χ1n) is 3.43. The van der Waals surface area contributed by atoms with E-state index in [4.69, 9.17) is 11.6 Å². The van der Waals surface area contributed by atoms with Crippen molar-refractivity contribution >= 4 is 23.9 Å². The third-order valence-corrected chi connectivity index (χ3v) is 1.52. The van der Waals surface area contributed by atoms with Gasteiger partial charge in [0.15, 0.2) is 6.29 Å². The van der Waals surface area contributed by atoms with E-state index in [0.717, 1.165) is 0 Å². The van der Waals surface area contributed by atoms with Crippen LogP contribution in [0.4, 0.5) is 13.2 Å². The maximum Gasteiger partial charge on any atom is 0.427 e. The molecular formula is C7H6ClF3O3. The summed E-state index contributed by atoms with van der Waals surface area (Å²) in [5.74, 6) is -1.38. The quantitative estimate of drug-likeness (QED) is 0.244. The molecule has 0 heterocycles. The van der Waals surface area contributed by atoms with E-state index < -0.39 is 22.8 Å². The summed E-state index contributed by atoms with van der Waals surface area (Å²) in [7, 11) is 0. The Labute approximate surface area is 82.5 Å². The summed E-state index contributed by atoms with van der Waals surface area (Å²) in [4.78, 5) is 20.9. The van der Waals surface area contributed by atoms with Crippen molar-refractivity contribution in [3.63, 3.8) is 0 Å². The number of esters is 1. The smallest absolute Gasteiger partial charge is 0.427 e. The highest BCUT2D eigenvalue weighted by Gasteiger charge is 2.37. The van der Waals surface area contributed by atoms with Crippen LogP contribution in [-0.4, -0.2) is 25.0 Å². The normalized spacial score (nSPS) is 13.2. The van der Waals surface area contributed by atoms with Crippen LogP contribution >= 0.6 is 11.6 Å². The Balaban J connectivity index is 5.04. The number of carbonyl (C=O) groups excluding carboxylic acids is 2. The average molecular weight is 231 g/mol. The van der Waals surface area contributed by atoms with Gasteiger partial charge in [-0.3, -0.25) is 4.79 Å². The topological polar surface area (TPSA) is 43.4 Å². The van der Waals surface area contributed by atoms with Gasteiger partial charge in [-0.05, 0) is 6.92 Å². The second kappa shape index (κ2) is 4.99. The molecule has 0 atom stereocenters. The molecule has 14 heavy (non-hydrogen) atoms. The molecule has 0 N–H and O–H groups in total. The number of hydrogen-bond donors (Lipinski definition) is 0. The largest absolute Gasteiger partial charge is 0.462 e. The molecule has 0 amide bonds. The molecule has 0 radical (unpaired) electrons. The molecular weight excluding hydrogens is 225 g/mol. The molecule has 0 aromatic rings. The Kier molecular flexibility index (Phi) is 4.62. The standard InChI is InChI=1S/C7H6ClF3O3/c1-2-14-6(13)4(3-12)5(8)7(9,10)11/h3H,2H2,1H3. The number of ether oxygens (including phenoxy) is 1. The van der Waals surface area contributed by atoms with E-state index in [-0.39, 0.29) is 12.9 Å². The molecule has 7 heteroatoms. The highest BCUT2D eigenvalue weighted by atomic mass is 35.5. The van der Waals surface area contributed by atoms with Gasteiger partial charge in [-0.1, -0.05) is 11.6 Å². The average Bonchev–Trinajstić information content (AvgIpc) is 2.04. The first kappa shape index (κ1) is 13.0. The Morgan fingerprint density at radius 2 is 2.00 bits per heavy atom. The van der Waals surface area contributed by atoms with Gasteiger partial charge in [-0.25, -0.2) is 4.79 Å². The zero-order valence-corrected chi connectivity index (χ0v) is 7.78. The molecule has 0 spiro atoms. The van der Waals surface area contributed by atoms with Gasteiger partial charge in [-0.2, -0.15) is 13.2 Å². The number of alkyl halides is 3. The maximum atomic E-state index is 11.9. The van der Waals surface area contributed by atoms with Gasteiger partial charge in [-0.15, -0.1) is 0 Å². The first-order chi connectivity index (χ1) is 6.34. The minimum Gasteiger partial charge on any atom is -0.462 e. The van der Waals surface area contributed by atoms with Crippen molar-refractivity contribution in [1.29, 1.82) is 0 Å². The Morgan fingerprint density at radius 3 is 2.29 bits per heavy atom. The monoisotopic (exact) mass is 230 g/mol. The van der Waals surface area contributed by atoms with E-state index in [9.17, 15) is 22.8 Å². The van der Waals surface area contributed by atoms with Crippen LogP contribution < -0.4 is 0 Å². The van der Waals surface area contributed by atoms with Crippen molar-refractivity contribution in [2.75, 3.05) is 6.61 Å². The number of hydrogen-bond acceptors (Lipinski definition) is 3. The number of halogens is 4. The van der Waals surface area contributed by atoms with Gasteiger partial charge >= 0.3 is 12.1 Å². The summed E-state index contributed by atoms with van der Waals surface area (Å²) in [6, 6.07) is 0. The number of allylic oxidation sites excluding steroid dienone is 1. The fourth-order valence-corrected chi connectivity index (χ4v) is 0.673. The SMILES string of the molecule is CCOC(=O)C(C=O)=C(Cl)C(F)(F)F. The van der Waals surface area contributed by atoms with Crippen LogP contribution in [0.25, 0.3) is 0 Å². The molecule has 0 unspecified atom stereocenters. The molecule has 0 bridgehead atoms. The van der Waals surface area contributed by atoms with Crippen LogP contribution in [0.3, 0.4) is 0 Å².